The van der Waals surface area contributed by atoms with Crippen LogP contribution in [0.15, 0.2) is 157 Å². The smallest absolute Gasteiger partial charge is 0.383 e. The van der Waals surface area contributed by atoms with Gasteiger partial charge in [-0.2, -0.15) is 45.8 Å². The quantitative estimate of drug-likeness (QED) is 0.0576. The number of halogens is 3. The number of para-hydroxylation sites is 3. The van der Waals surface area contributed by atoms with Crippen LogP contribution in [-0.4, -0.2) is 105 Å². The number of thiophene rings is 3. The maximum Gasteiger partial charge on any atom is 0.492 e. The molecule has 0 saturated carbocycles. The molecule has 3 aromatic carbocycles. The highest BCUT2D eigenvalue weighted by Gasteiger charge is 2.38. The van der Waals surface area contributed by atoms with Gasteiger partial charge in [0.15, 0.2) is 32.9 Å². The monoisotopic (exact) mass is 1210 g/mol. The van der Waals surface area contributed by atoms with E-state index in [0.717, 1.165) is 51.6 Å². The van der Waals surface area contributed by atoms with E-state index in [-0.39, 0.29) is 43.1 Å². The highest BCUT2D eigenvalue weighted by molar-refractivity contribution is 8.00. The Hall–Kier alpha value is -6.26. The van der Waals surface area contributed by atoms with Gasteiger partial charge in [-0.3, -0.25) is 19.0 Å². The molecule has 0 unspecified atom stereocenters. The second kappa shape index (κ2) is 34.7. The topological polar surface area (TPSA) is 189 Å². The molecule has 0 saturated heterocycles. The van der Waals surface area contributed by atoms with Gasteiger partial charge in [0.05, 0.1) is 30.4 Å². The predicted octanol–water partition coefficient (Wildman–Crippen LogP) is 14.5. The van der Waals surface area contributed by atoms with Crippen molar-refractivity contribution < 1.29 is 36.6 Å². The first-order valence-corrected chi connectivity index (χ1v) is 31.6. The van der Waals surface area contributed by atoms with Gasteiger partial charge >= 0.3 is 6.30 Å². The summed E-state index contributed by atoms with van der Waals surface area (Å²) in [6.07, 6.45) is -2.60. The van der Waals surface area contributed by atoms with E-state index >= 15 is 0 Å². The third-order valence-corrected chi connectivity index (χ3v) is 15.4. The predicted molar refractivity (Wildman–Crippen MR) is 328 cm³/mol. The summed E-state index contributed by atoms with van der Waals surface area (Å²) in [5, 5.41) is 45.2. The largest absolute Gasteiger partial charge is 0.492 e. The zero-order chi connectivity index (χ0) is 56.8. The first-order chi connectivity index (χ1) is 38.5. The minimum atomic E-state index is -4.68. The number of carbonyl (C=O) groups excluding carboxylic acids is 3. The summed E-state index contributed by atoms with van der Waals surface area (Å²) in [4.78, 5) is 36.2. The van der Waals surface area contributed by atoms with Crippen LogP contribution in [0.25, 0.3) is 34.2 Å². The highest BCUT2D eigenvalue weighted by atomic mass is 32.2. The average Bonchev–Trinajstić information content (AvgIpc) is 4.51. The lowest BCUT2D eigenvalue weighted by molar-refractivity contribution is -0.208. The van der Waals surface area contributed by atoms with Crippen LogP contribution in [0.5, 0.6) is 0 Å². The van der Waals surface area contributed by atoms with Crippen molar-refractivity contribution in [1.82, 2.24) is 44.3 Å². The van der Waals surface area contributed by atoms with Gasteiger partial charge in [-0.25, -0.2) is 4.57 Å². The number of rotatable bonds is 21. The third-order valence-electron chi connectivity index (χ3n) is 9.87. The first kappa shape index (κ1) is 63.6. The summed E-state index contributed by atoms with van der Waals surface area (Å²) in [5.74, 6) is 2.14. The molecule has 0 bridgehead atoms. The second-order valence-electron chi connectivity index (χ2n) is 15.2. The standard InChI is InChI=1S/C17H18N4O2S2.C17H18N4OS3.C15H11F3N4OS2.2C2H6.3H2/c1-23-9-8-21-16(13-7-10-24-11-13)19-20-17(21)25-12-15(22)18-14-5-3-2-4-6-14;1-23-10-8-21-16(13-7-9-24-11-13)19-20-17(21)25-12-15(22)18-14-5-3-2-4-6-14;16-15(17,18)22-13(10-6-7-24-8-10)20-21-14(22)25-9-12(23)19-11-4-2-1-3-5-11;2*1-2;;;/h2-7,10-11H,8-9,12H2,1H3,(H,18,22);2-7,9,11H,8,10,12H2,1H3,(H,18,22);1-8H,9H2,(H,19,23);2*1-2H3;3*1H. The van der Waals surface area contributed by atoms with Crippen molar-refractivity contribution >= 4 is 116 Å². The van der Waals surface area contributed by atoms with Gasteiger partial charge in [-0.05, 0) is 77.0 Å². The number of anilines is 3. The van der Waals surface area contributed by atoms with E-state index in [0.29, 0.717) is 47.1 Å². The molecule has 0 atom stereocenters. The number of thioether (sulfide) groups is 4. The van der Waals surface area contributed by atoms with Gasteiger partial charge < -0.3 is 25.3 Å². The third kappa shape index (κ3) is 20.4. The summed E-state index contributed by atoms with van der Waals surface area (Å²) in [6, 6.07) is 33.1. The number of carbonyl (C=O) groups is 3. The Kier molecular flexibility index (Phi) is 27.9. The Bertz CT molecular complexity index is 3010. The van der Waals surface area contributed by atoms with Crippen molar-refractivity contribution in [2.45, 2.75) is 62.6 Å². The van der Waals surface area contributed by atoms with E-state index in [2.05, 4.69) is 62.7 Å². The number of alkyl halides is 3. The zero-order valence-electron chi connectivity index (χ0n) is 44.0. The molecule has 16 nitrogen and oxygen atoms in total. The molecule has 6 heterocycles. The molecular weight excluding hydrogens is 1150 g/mol. The van der Waals surface area contributed by atoms with Crippen LogP contribution in [0, 0.1) is 0 Å². The number of ether oxygens (including phenoxy) is 1. The fourth-order valence-electron chi connectivity index (χ4n) is 6.49. The second-order valence-corrected chi connectivity index (χ2v) is 21.3. The lowest BCUT2D eigenvalue weighted by atomic mass is 10.3. The Morgan fingerprint density at radius 3 is 1.24 bits per heavy atom. The number of nitrogens with one attached hydrogen (secondary N) is 3. The highest BCUT2D eigenvalue weighted by Crippen LogP contribution is 2.35. The Morgan fingerprint density at radius 1 is 0.532 bits per heavy atom. The molecule has 0 radical (unpaired) electrons. The SMILES string of the molecule is CC.CC.COCCn1c(SCC(=O)Nc2ccccc2)nnc1-c1ccsc1.CSCCn1c(SCC(=O)Nc2ccccc2)nnc1-c1ccsc1.O=C(CSc1nnc(-c2ccsc2)n1C(F)(F)F)Nc1ccccc1.[HH].[HH].[HH]. The van der Waals surface area contributed by atoms with Crippen LogP contribution >= 0.6 is 81.1 Å². The van der Waals surface area contributed by atoms with E-state index in [1.807, 2.05) is 121 Å². The van der Waals surface area contributed by atoms with Crippen LogP contribution in [0.2, 0.25) is 0 Å². The van der Waals surface area contributed by atoms with Crippen LogP contribution in [-0.2, 0) is 38.5 Å². The van der Waals surface area contributed by atoms with Crippen LogP contribution < -0.4 is 16.0 Å². The Morgan fingerprint density at radius 2 is 0.886 bits per heavy atom. The van der Waals surface area contributed by atoms with Gasteiger partial charge in [0, 0.05) is 73.6 Å². The van der Waals surface area contributed by atoms with E-state index < -0.39 is 12.2 Å². The van der Waals surface area contributed by atoms with Crippen LogP contribution in [0.4, 0.5) is 30.2 Å². The minimum absolute atomic E-state index is 0. The van der Waals surface area contributed by atoms with Crippen molar-refractivity contribution in [2.75, 3.05) is 58.9 Å². The average molecular weight is 1220 g/mol. The molecule has 0 aliphatic carbocycles. The molecule has 0 aliphatic heterocycles. The Labute approximate surface area is 490 Å². The number of nitrogens with zero attached hydrogens (tertiary/aromatic N) is 9. The van der Waals surface area contributed by atoms with Gasteiger partial charge in [0.1, 0.15) is 0 Å². The lowest BCUT2D eigenvalue weighted by Gasteiger charge is -2.12. The molecule has 0 spiro atoms. The maximum absolute atomic E-state index is 13.4. The molecule has 6 aromatic heterocycles. The number of amides is 3. The summed E-state index contributed by atoms with van der Waals surface area (Å²) >= 11 is 9.75. The lowest BCUT2D eigenvalue weighted by Crippen LogP contribution is -2.20. The summed E-state index contributed by atoms with van der Waals surface area (Å²) in [6.45, 7) is 10.0. The zero-order valence-corrected chi connectivity index (χ0v) is 49.7. The first-order valence-electron chi connectivity index (χ1n) is 24.4. The summed E-state index contributed by atoms with van der Waals surface area (Å²) < 4.78 is 49.5. The van der Waals surface area contributed by atoms with E-state index in [9.17, 15) is 27.6 Å². The molecule has 0 aliphatic rings. The van der Waals surface area contributed by atoms with Crippen LogP contribution in [0.3, 0.4) is 0 Å². The Balaban J connectivity index is 0.000000400. The van der Waals surface area contributed by atoms with Gasteiger partial charge in [0.25, 0.3) is 0 Å². The van der Waals surface area contributed by atoms with Gasteiger partial charge in [-0.15, -0.1) is 43.8 Å². The van der Waals surface area contributed by atoms with Crippen molar-refractivity contribution in [2.24, 2.45) is 0 Å². The number of hydrogen-bond acceptors (Lipinski definition) is 17. The van der Waals surface area contributed by atoms with Crippen LogP contribution in [0.1, 0.15) is 32.0 Å². The fraction of sp³-hybridized carbons (Fsp3) is 0.264. The van der Waals surface area contributed by atoms with E-state index in [1.54, 1.807) is 82.6 Å². The molecule has 26 heteroatoms. The van der Waals surface area contributed by atoms with Gasteiger partial charge in [0.2, 0.25) is 17.7 Å². The molecule has 79 heavy (non-hydrogen) atoms. The number of methoxy groups -OCH3 is 1. The normalized spacial score (nSPS) is 10.6. The fourth-order valence-corrected chi connectivity index (χ4v) is 11.0. The molecule has 9 rings (SSSR count). The molecule has 424 valence electrons. The number of hydrogen-bond donors (Lipinski definition) is 3. The molecule has 3 amide bonds. The van der Waals surface area contributed by atoms with E-state index in [1.165, 1.54) is 40.9 Å². The van der Waals surface area contributed by atoms with Crippen molar-refractivity contribution in [1.29, 1.82) is 0 Å². The number of aromatic nitrogens is 9. The molecular formula is C53H65F3N12O4S7. The summed E-state index contributed by atoms with van der Waals surface area (Å²) in [5.41, 5.74) is 4.58. The maximum atomic E-state index is 13.4. The van der Waals surface area contributed by atoms with Gasteiger partial charge in [-0.1, -0.05) is 118 Å². The molecule has 0 fully saturated rings. The summed E-state index contributed by atoms with van der Waals surface area (Å²) in [7, 11) is 1.66. The molecule has 3 N–H and O–H groups in total. The van der Waals surface area contributed by atoms with Crippen molar-refractivity contribution in [3.05, 3.63) is 141 Å². The minimum Gasteiger partial charge on any atom is -0.383 e. The van der Waals surface area contributed by atoms with E-state index in [4.69, 9.17) is 4.74 Å². The van der Waals surface area contributed by atoms with Crippen molar-refractivity contribution in [3.63, 3.8) is 0 Å². The van der Waals surface area contributed by atoms with Crippen molar-refractivity contribution in [3.8, 4) is 34.2 Å². The molecule has 9 aromatic rings. The number of benzene rings is 3.